The van der Waals surface area contributed by atoms with Gasteiger partial charge in [0.15, 0.2) is 0 Å². The maximum Gasteiger partial charge on any atom is 0.0541 e. The first kappa shape index (κ1) is 10.8. The second kappa shape index (κ2) is 5.38. The summed E-state index contributed by atoms with van der Waals surface area (Å²) in [6.45, 7) is 0. The van der Waals surface area contributed by atoms with Crippen molar-refractivity contribution in [3.05, 3.63) is 0 Å². The maximum atomic E-state index is 9.40. The average Bonchev–Trinajstić information content (AvgIpc) is 2.23. The van der Waals surface area contributed by atoms with Gasteiger partial charge in [0.1, 0.15) is 0 Å². The van der Waals surface area contributed by atoms with Gasteiger partial charge in [0, 0.05) is 17.8 Å². The van der Waals surface area contributed by atoms with Gasteiger partial charge in [0.25, 0.3) is 0 Å². The molecule has 0 bridgehead atoms. The van der Waals surface area contributed by atoms with Crippen molar-refractivity contribution in [2.24, 2.45) is 0 Å². The molecular weight excluding hydrogens is 194 g/mol. The van der Waals surface area contributed by atoms with E-state index in [1.807, 2.05) is 0 Å². The zero-order valence-corrected chi connectivity index (χ0v) is 9.56. The molecule has 0 unspecified atom stereocenters. The quantitative estimate of drug-likeness (QED) is 0.736. The van der Waals surface area contributed by atoms with Crippen molar-refractivity contribution < 1.29 is 5.11 Å². The summed E-state index contributed by atoms with van der Waals surface area (Å²) in [5.74, 6) is 2.64. The molecule has 0 aromatic heterocycles. The molecule has 1 heterocycles. The van der Waals surface area contributed by atoms with Gasteiger partial charge < -0.3 is 10.4 Å². The van der Waals surface area contributed by atoms with E-state index in [4.69, 9.17) is 0 Å². The molecule has 2 aliphatic rings. The molecule has 1 saturated heterocycles. The number of nitrogens with one attached hydrogen (secondary N) is 1. The normalized spacial score (nSPS) is 39.6. The zero-order valence-electron chi connectivity index (χ0n) is 8.74. The van der Waals surface area contributed by atoms with Gasteiger partial charge in [0.2, 0.25) is 0 Å². The van der Waals surface area contributed by atoms with E-state index in [9.17, 15) is 5.11 Å². The van der Waals surface area contributed by atoms with Gasteiger partial charge in [-0.1, -0.05) is 0 Å². The molecule has 2 rings (SSSR count). The second-order valence-electron chi connectivity index (χ2n) is 4.59. The van der Waals surface area contributed by atoms with Crippen LogP contribution in [0.5, 0.6) is 0 Å². The predicted molar refractivity (Wildman–Crippen MR) is 61.7 cm³/mol. The monoisotopic (exact) mass is 215 g/mol. The van der Waals surface area contributed by atoms with Crippen molar-refractivity contribution in [1.29, 1.82) is 0 Å². The van der Waals surface area contributed by atoms with E-state index in [1.54, 1.807) is 0 Å². The molecule has 0 aromatic rings. The largest absolute Gasteiger partial charge is 0.393 e. The molecule has 0 radical (unpaired) electrons. The van der Waals surface area contributed by atoms with Crippen LogP contribution in [0.3, 0.4) is 0 Å². The van der Waals surface area contributed by atoms with Gasteiger partial charge >= 0.3 is 0 Å². The summed E-state index contributed by atoms with van der Waals surface area (Å²) < 4.78 is 0. The highest BCUT2D eigenvalue weighted by Gasteiger charge is 2.22. The summed E-state index contributed by atoms with van der Waals surface area (Å²) in [5.41, 5.74) is 0. The van der Waals surface area contributed by atoms with Gasteiger partial charge in [-0.15, -0.1) is 0 Å². The Balaban J connectivity index is 1.68. The third-order valence-electron chi connectivity index (χ3n) is 3.33. The smallest absolute Gasteiger partial charge is 0.0541 e. The molecular formula is C11H21NOS. The molecule has 14 heavy (non-hydrogen) atoms. The van der Waals surface area contributed by atoms with Crippen molar-refractivity contribution in [2.75, 3.05) is 11.5 Å². The standard InChI is InChI=1S/C11H21NOS/c13-11-5-3-9(4-6-11)12-10-2-1-7-14-8-10/h9-13H,1-8H2/t9?,10-,11?/m1/s1. The minimum absolute atomic E-state index is 0.0196. The van der Waals surface area contributed by atoms with Crippen molar-refractivity contribution >= 4 is 11.8 Å². The Labute approximate surface area is 90.8 Å². The van der Waals surface area contributed by atoms with E-state index < -0.39 is 0 Å². The van der Waals surface area contributed by atoms with E-state index >= 15 is 0 Å². The molecule has 1 atom stereocenters. The highest BCUT2D eigenvalue weighted by atomic mass is 32.2. The van der Waals surface area contributed by atoms with Gasteiger partial charge in [-0.25, -0.2) is 0 Å². The van der Waals surface area contributed by atoms with Crippen LogP contribution in [-0.4, -0.2) is 34.8 Å². The lowest BCUT2D eigenvalue weighted by Crippen LogP contribution is -2.43. The second-order valence-corrected chi connectivity index (χ2v) is 5.74. The van der Waals surface area contributed by atoms with Crippen LogP contribution in [0.4, 0.5) is 0 Å². The van der Waals surface area contributed by atoms with Crippen LogP contribution in [0.25, 0.3) is 0 Å². The van der Waals surface area contributed by atoms with Crippen LogP contribution in [0.15, 0.2) is 0 Å². The Bertz CT molecular complexity index is 163. The van der Waals surface area contributed by atoms with Gasteiger partial charge in [0.05, 0.1) is 6.10 Å². The summed E-state index contributed by atoms with van der Waals surface area (Å²) in [7, 11) is 0. The number of thioether (sulfide) groups is 1. The third-order valence-corrected chi connectivity index (χ3v) is 4.54. The molecule has 3 heteroatoms. The maximum absolute atomic E-state index is 9.40. The van der Waals surface area contributed by atoms with E-state index in [-0.39, 0.29) is 6.10 Å². The first-order valence-electron chi connectivity index (χ1n) is 5.86. The van der Waals surface area contributed by atoms with Crippen molar-refractivity contribution in [2.45, 2.75) is 56.7 Å². The molecule has 2 nitrogen and oxygen atoms in total. The fraction of sp³-hybridized carbons (Fsp3) is 1.00. The molecule has 1 saturated carbocycles. The molecule has 0 spiro atoms. The number of rotatable bonds is 2. The minimum Gasteiger partial charge on any atom is -0.393 e. The highest BCUT2D eigenvalue weighted by Crippen LogP contribution is 2.22. The molecule has 2 N–H and O–H groups in total. The number of hydrogen-bond acceptors (Lipinski definition) is 3. The van der Waals surface area contributed by atoms with Crippen LogP contribution >= 0.6 is 11.8 Å². The van der Waals surface area contributed by atoms with Crippen LogP contribution in [0, 0.1) is 0 Å². The SMILES string of the molecule is OC1CCC(N[C@@H]2CCCSC2)CC1. The van der Waals surface area contributed by atoms with E-state index in [0.717, 1.165) is 18.9 Å². The lowest BCUT2D eigenvalue weighted by atomic mass is 9.92. The summed E-state index contributed by atoms with van der Waals surface area (Å²) in [6, 6.07) is 1.43. The fourth-order valence-electron chi connectivity index (χ4n) is 2.45. The van der Waals surface area contributed by atoms with Crippen LogP contribution in [0.2, 0.25) is 0 Å². The topological polar surface area (TPSA) is 32.3 Å². The molecule has 0 amide bonds. The molecule has 1 aliphatic carbocycles. The summed E-state index contributed by atoms with van der Waals surface area (Å²) in [4.78, 5) is 0. The molecule has 1 aliphatic heterocycles. The van der Waals surface area contributed by atoms with Gasteiger partial charge in [-0.2, -0.15) is 11.8 Å². The van der Waals surface area contributed by atoms with Crippen LogP contribution in [-0.2, 0) is 0 Å². The highest BCUT2D eigenvalue weighted by molar-refractivity contribution is 7.99. The summed E-state index contributed by atoms with van der Waals surface area (Å²) >= 11 is 2.08. The summed E-state index contributed by atoms with van der Waals surface area (Å²) in [5, 5.41) is 13.1. The Morgan fingerprint density at radius 3 is 2.43 bits per heavy atom. The van der Waals surface area contributed by atoms with Gasteiger partial charge in [-0.3, -0.25) is 0 Å². The number of hydrogen-bond donors (Lipinski definition) is 2. The average molecular weight is 215 g/mol. The molecule has 82 valence electrons. The van der Waals surface area contributed by atoms with Crippen LogP contribution < -0.4 is 5.32 Å². The fourth-order valence-corrected chi connectivity index (χ4v) is 3.53. The zero-order chi connectivity index (χ0) is 9.80. The molecule has 0 aromatic carbocycles. The first-order valence-corrected chi connectivity index (χ1v) is 7.02. The van der Waals surface area contributed by atoms with Crippen molar-refractivity contribution in [3.63, 3.8) is 0 Å². The van der Waals surface area contributed by atoms with E-state index in [2.05, 4.69) is 17.1 Å². The van der Waals surface area contributed by atoms with Gasteiger partial charge in [-0.05, 0) is 44.3 Å². The van der Waals surface area contributed by atoms with Crippen molar-refractivity contribution in [3.8, 4) is 0 Å². The Morgan fingerprint density at radius 2 is 1.79 bits per heavy atom. The molecule has 2 fully saturated rings. The Kier molecular flexibility index (Phi) is 4.14. The first-order chi connectivity index (χ1) is 6.84. The Hall–Kier alpha value is 0.270. The van der Waals surface area contributed by atoms with Crippen molar-refractivity contribution in [1.82, 2.24) is 5.32 Å². The predicted octanol–water partition coefficient (Wildman–Crippen LogP) is 1.78. The van der Waals surface area contributed by atoms with E-state index in [0.29, 0.717) is 6.04 Å². The lowest BCUT2D eigenvalue weighted by molar-refractivity contribution is 0.114. The van der Waals surface area contributed by atoms with E-state index in [1.165, 1.54) is 37.2 Å². The van der Waals surface area contributed by atoms with Crippen LogP contribution in [0.1, 0.15) is 38.5 Å². The summed E-state index contributed by atoms with van der Waals surface area (Å²) in [6.07, 6.45) is 7.04. The Morgan fingerprint density at radius 1 is 1.00 bits per heavy atom. The number of aliphatic hydroxyl groups excluding tert-OH is 1. The third kappa shape index (κ3) is 3.14. The lowest BCUT2D eigenvalue weighted by Gasteiger charge is -2.32. The minimum atomic E-state index is -0.0196. The number of aliphatic hydroxyl groups is 1.